The van der Waals surface area contributed by atoms with Gasteiger partial charge in [0.15, 0.2) is 0 Å². The Labute approximate surface area is 115 Å². The Bertz CT molecular complexity index is 436. The lowest BCUT2D eigenvalue weighted by molar-refractivity contribution is -0.126. The van der Waals surface area contributed by atoms with Gasteiger partial charge in [-0.25, -0.2) is 0 Å². The third-order valence-corrected chi connectivity index (χ3v) is 3.90. The van der Waals surface area contributed by atoms with Crippen molar-refractivity contribution in [3.05, 3.63) is 29.3 Å². The van der Waals surface area contributed by atoms with Crippen molar-refractivity contribution < 1.29 is 9.53 Å². The van der Waals surface area contributed by atoms with Gasteiger partial charge in [-0.05, 0) is 37.0 Å². The summed E-state index contributed by atoms with van der Waals surface area (Å²) in [6.45, 7) is 2.63. The van der Waals surface area contributed by atoms with Crippen LogP contribution < -0.4 is 10.1 Å². The maximum absolute atomic E-state index is 12.0. The van der Waals surface area contributed by atoms with Gasteiger partial charge in [-0.3, -0.25) is 4.79 Å². The van der Waals surface area contributed by atoms with Gasteiger partial charge in [0, 0.05) is 12.5 Å². The molecule has 0 radical (unpaired) electrons. The zero-order valence-corrected chi connectivity index (χ0v) is 11.9. The highest BCUT2D eigenvalue weighted by Gasteiger charge is 2.20. The van der Waals surface area contributed by atoms with Gasteiger partial charge in [0.25, 0.3) is 0 Å². The molecule has 3 heteroatoms. The molecule has 0 bridgehead atoms. The predicted molar refractivity (Wildman–Crippen MR) is 76.2 cm³/mol. The van der Waals surface area contributed by atoms with E-state index in [-0.39, 0.29) is 11.8 Å². The Morgan fingerprint density at radius 1 is 1.32 bits per heavy atom. The quantitative estimate of drug-likeness (QED) is 0.904. The fourth-order valence-corrected chi connectivity index (χ4v) is 2.75. The van der Waals surface area contributed by atoms with E-state index in [0.717, 1.165) is 29.7 Å². The van der Waals surface area contributed by atoms with Crippen molar-refractivity contribution in [2.45, 2.75) is 45.6 Å². The van der Waals surface area contributed by atoms with Crippen molar-refractivity contribution in [1.82, 2.24) is 5.32 Å². The summed E-state index contributed by atoms with van der Waals surface area (Å²) in [4.78, 5) is 12.0. The van der Waals surface area contributed by atoms with Gasteiger partial charge >= 0.3 is 0 Å². The van der Waals surface area contributed by atoms with Gasteiger partial charge in [0.2, 0.25) is 5.91 Å². The summed E-state index contributed by atoms with van der Waals surface area (Å²) in [6, 6.07) is 6.03. The first-order chi connectivity index (χ1) is 9.20. The van der Waals surface area contributed by atoms with Crippen LogP contribution in [0.4, 0.5) is 0 Å². The molecule has 0 spiro atoms. The molecule has 0 aromatic heterocycles. The average Bonchev–Trinajstić information content (AvgIpc) is 2.46. The number of carbonyl (C=O) groups is 1. The highest BCUT2D eigenvalue weighted by Crippen LogP contribution is 2.24. The van der Waals surface area contributed by atoms with Crippen LogP contribution >= 0.6 is 0 Å². The number of hydrogen-bond donors (Lipinski definition) is 1. The summed E-state index contributed by atoms with van der Waals surface area (Å²) in [5.74, 6) is 1.34. The number of aryl methyl sites for hydroxylation is 1. The Kier molecular flexibility index (Phi) is 4.83. The van der Waals surface area contributed by atoms with Crippen molar-refractivity contribution in [2.75, 3.05) is 7.11 Å². The molecule has 2 rings (SSSR count). The molecule has 1 amide bonds. The largest absolute Gasteiger partial charge is 0.496 e. The predicted octanol–water partition coefficient (Wildman–Crippen LogP) is 3.20. The number of rotatable bonds is 4. The Balaban J connectivity index is 1.87. The summed E-state index contributed by atoms with van der Waals surface area (Å²) < 4.78 is 5.23. The molecule has 1 aliphatic rings. The molecular formula is C16H23NO2. The fraction of sp³-hybridized carbons (Fsp3) is 0.562. The molecule has 1 aromatic carbocycles. The summed E-state index contributed by atoms with van der Waals surface area (Å²) in [5, 5.41) is 3.05. The smallest absolute Gasteiger partial charge is 0.223 e. The second kappa shape index (κ2) is 6.60. The summed E-state index contributed by atoms with van der Waals surface area (Å²) >= 11 is 0. The van der Waals surface area contributed by atoms with E-state index in [4.69, 9.17) is 4.74 Å². The first-order valence-electron chi connectivity index (χ1n) is 7.12. The van der Waals surface area contributed by atoms with E-state index < -0.39 is 0 Å². The molecule has 1 aliphatic carbocycles. The minimum atomic E-state index is 0.216. The lowest BCUT2D eigenvalue weighted by Gasteiger charge is -2.20. The Hall–Kier alpha value is -1.51. The zero-order chi connectivity index (χ0) is 13.7. The molecule has 0 atom stereocenters. The second-order valence-electron chi connectivity index (χ2n) is 5.36. The molecule has 1 saturated carbocycles. The number of benzene rings is 1. The molecule has 1 aromatic rings. The lowest BCUT2D eigenvalue weighted by Crippen LogP contribution is -2.31. The maximum Gasteiger partial charge on any atom is 0.223 e. The van der Waals surface area contributed by atoms with Crippen molar-refractivity contribution in [2.24, 2.45) is 5.92 Å². The summed E-state index contributed by atoms with van der Waals surface area (Å²) in [6.07, 6.45) is 5.77. The summed E-state index contributed by atoms with van der Waals surface area (Å²) in [5.41, 5.74) is 2.23. The van der Waals surface area contributed by atoms with E-state index >= 15 is 0 Å². The van der Waals surface area contributed by atoms with Crippen molar-refractivity contribution in [3.8, 4) is 5.75 Å². The summed E-state index contributed by atoms with van der Waals surface area (Å²) in [7, 11) is 1.67. The molecule has 1 fully saturated rings. The zero-order valence-electron chi connectivity index (χ0n) is 11.9. The monoisotopic (exact) mass is 261 g/mol. The van der Waals surface area contributed by atoms with Crippen LogP contribution in [0.1, 0.15) is 43.2 Å². The van der Waals surface area contributed by atoms with E-state index in [1.807, 2.05) is 19.1 Å². The van der Waals surface area contributed by atoms with Gasteiger partial charge < -0.3 is 10.1 Å². The van der Waals surface area contributed by atoms with Crippen LogP contribution in [0.2, 0.25) is 0 Å². The highest BCUT2D eigenvalue weighted by molar-refractivity contribution is 5.78. The van der Waals surface area contributed by atoms with Crippen molar-refractivity contribution >= 4 is 5.91 Å². The number of hydrogen-bond acceptors (Lipinski definition) is 2. The van der Waals surface area contributed by atoms with Crippen LogP contribution in [-0.4, -0.2) is 13.0 Å². The van der Waals surface area contributed by atoms with Crippen LogP contribution in [0.3, 0.4) is 0 Å². The molecule has 0 saturated heterocycles. The lowest BCUT2D eigenvalue weighted by atomic mass is 9.88. The van der Waals surface area contributed by atoms with Crippen molar-refractivity contribution in [1.29, 1.82) is 0 Å². The fourth-order valence-electron chi connectivity index (χ4n) is 2.75. The molecule has 0 aliphatic heterocycles. The minimum Gasteiger partial charge on any atom is -0.496 e. The van der Waals surface area contributed by atoms with Gasteiger partial charge in [-0.2, -0.15) is 0 Å². The minimum absolute atomic E-state index is 0.216. The first kappa shape index (κ1) is 13.9. The van der Waals surface area contributed by atoms with Crippen LogP contribution in [0, 0.1) is 12.8 Å². The Morgan fingerprint density at radius 3 is 2.68 bits per heavy atom. The van der Waals surface area contributed by atoms with Crippen LogP contribution in [0.15, 0.2) is 18.2 Å². The van der Waals surface area contributed by atoms with E-state index in [1.165, 1.54) is 19.3 Å². The normalized spacial score (nSPS) is 16.1. The highest BCUT2D eigenvalue weighted by atomic mass is 16.5. The molecule has 19 heavy (non-hydrogen) atoms. The number of ether oxygens (including phenoxy) is 1. The third kappa shape index (κ3) is 3.72. The standard InChI is InChI=1S/C16H23NO2/c1-12-10-13(8-9-15(12)19-2)11-17-16(18)14-6-4-3-5-7-14/h8-10,14H,3-7,11H2,1-2H3,(H,17,18). The van der Waals surface area contributed by atoms with Gasteiger partial charge in [-0.1, -0.05) is 31.4 Å². The van der Waals surface area contributed by atoms with Crippen LogP contribution in [-0.2, 0) is 11.3 Å². The third-order valence-electron chi connectivity index (χ3n) is 3.90. The number of methoxy groups -OCH3 is 1. The molecule has 0 heterocycles. The first-order valence-corrected chi connectivity index (χ1v) is 7.12. The Morgan fingerprint density at radius 2 is 2.05 bits per heavy atom. The molecule has 0 unspecified atom stereocenters. The van der Waals surface area contributed by atoms with Crippen LogP contribution in [0.5, 0.6) is 5.75 Å². The van der Waals surface area contributed by atoms with Gasteiger partial charge in [0.1, 0.15) is 5.75 Å². The van der Waals surface area contributed by atoms with Crippen molar-refractivity contribution in [3.63, 3.8) is 0 Å². The van der Waals surface area contributed by atoms with E-state index in [0.29, 0.717) is 6.54 Å². The second-order valence-corrected chi connectivity index (χ2v) is 5.36. The van der Waals surface area contributed by atoms with E-state index in [1.54, 1.807) is 7.11 Å². The van der Waals surface area contributed by atoms with Gasteiger partial charge in [0.05, 0.1) is 7.11 Å². The SMILES string of the molecule is COc1ccc(CNC(=O)C2CCCCC2)cc1C. The van der Waals surface area contributed by atoms with Crippen LogP contribution in [0.25, 0.3) is 0 Å². The van der Waals surface area contributed by atoms with Gasteiger partial charge in [-0.15, -0.1) is 0 Å². The van der Waals surface area contributed by atoms with E-state index in [9.17, 15) is 4.79 Å². The number of carbonyl (C=O) groups excluding carboxylic acids is 1. The van der Waals surface area contributed by atoms with E-state index in [2.05, 4.69) is 11.4 Å². The molecule has 104 valence electrons. The number of amides is 1. The molecule has 3 nitrogen and oxygen atoms in total. The maximum atomic E-state index is 12.0. The number of nitrogens with one attached hydrogen (secondary N) is 1. The average molecular weight is 261 g/mol. The topological polar surface area (TPSA) is 38.3 Å². The molecule has 1 N–H and O–H groups in total. The molecular weight excluding hydrogens is 238 g/mol.